The minimum atomic E-state index is -0.270. The summed E-state index contributed by atoms with van der Waals surface area (Å²) in [6, 6.07) is 5.33. The molecule has 12 heavy (non-hydrogen) atoms. The van der Waals surface area contributed by atoms with Gasteiger partial charge < -0.3 is 5.32 Å². The van der Waals surface area contributed by atoms with Gasteiger partial charge in [0.05, 0.1) is 0 Å². The van der Waals surface area contributed by atoms with Crippen molar-refractivity contribution in [3.8, 4) is 0 Å². The molecular weight excluding hydrogens is 241 g/mol. The Morgan fingerprint density at radius 3 is 2.83 bits per heavy atom. The van der Waals surface area contributed by atoms with E-state index in [1.54, 1.807) is 12.1 Å². The summed E-state index contributed by atoms with van der Waals surface area (Å²) < 4.78 is 0. The number of rotatable bonds is 1. The molecule has 0 atom stereocenters. The van der Waals surface area contributed by atoms with E-state index in [1.807, 2.05) is 13.0 Å². The highest BCUT2D eigenvalue weighted by Gasteiger charge is 2.00. The molecule has 1 N–H and O–H groups in total. The molecule has 1 aromatic rings. The molecule has 0 radical (unpaired) electrons. The van der Waals surface area contributed by atoms with E-state index in [0.29, 0.717) is 5.02 Å². The van der Waals surface area contributed by atoms with Crippen LogP contribution in [0, 0.1) is 6.92 Å². The van der Waals surface area contributed by atoms with E-state index < -0.39 is 0 Å². The van der Waals surface area contributed by atoms with Gasteiger partial charge in [-0.3, -0.25) is 4.79 Å². The molecule has 0 fully saturated rings. The number of anilines is 1. The maximum absolute atomic E-state index is 10.6. The number of amides is 1. The molecule has 0 spiro atoms. The predicted octanol–water partition coefficient (Wildman–Crippen LogP) is 3.58. The largest absolute Gasteiger partial charge is 0.316 e. The number of benzene rings is 1. The number of nitrogens with one attached hydrogen (secondary N) is 1. The molecule has 0 saturated heterocycles. The third kappa shape index (κ3) is 2.50. The molecule has 0 unspecified atom stereocenters. The van der Waals surface area contributed by atoms with Gasteiger partial charge in [0.1, 0.15) is 0 Å². The first-order valence-electron chi connectivity index (χ1n) is 3.32. The maximum atomic E-state index is 10.6. The second-order valence-electron chi connectivity index (χ2n) is 2.36. The second-order valence-corrected chi connectivity index (χ2v) is 3.51. The van der Waals surface area contributed by atoms with Crippen LogP contribution in [0.15, 0.2) is 18.2 Å². The Morgan fingerprint density at radius 1 is 1.58 bits per heavy atom. The van der Waals surface area contributed by atoms with Crippen LogP contribution >= 0.6 is 27.5 Å². The van der Waals surface area contributed by atoms with E-state index in [-0.39, 0.29) is 4.82 Å². The fraction of sp³-hybridized carbons (Fsp3) is 0.125. The molecule has 1 aromatic carbocycles. The number of hydrogen-bond donors (Lipinski definition) is 1. The molecule has 1 amide bonds. The second kappa shape index (κ2) is 3.92. The zero-order valence-corrected chi connectivity index (χ0v) is 8.74. The minimum absolute atomic E-state index is 0.270. The van der Waals surface area contributed by atoms with Crippen molar-refractivity contribution in [2.75, 3.05) is 5.32 Å². The Balaban J connectivity index is 2.97. The Hall–Kier alpha value is -0.540. The van der Waals surface area contributed by atoms with Crippen molar-refractivity contribution in [1.29, 1.82) is 0 Å². The summed E-state index contributed by atoms with van der Waals surface area (Å²) in [4.78, 5) is 10.4. The van der Waals surface area contributed by atoms with Crippen LogP contribution in [0.2, 0.25) is 5.02 Å². The zero-order chi connectivity index (χ0) is 9.14. The average molecular weight is 249 g/mol. The van der Waals surface area contributed by atoms with Crippen LogP contribution in [0.1, 0.15) is 5.56 Å². The zero-order valence-electron chi connectivity index (χ0n) is 6.40. The molecule has 2 nitrogen and oxygen atoms in total. The lowest BCUT2D eigenvalue weighted by atomic mass is 10.2. The van der Waals surface area contributed by atoms with Gasteiger partial charge in [0.15, 0.2) is 0 Å². The van der Waals surface area contributed by atoms with Crippen molar-refractivity contribution in [2.24, 2.45) is 0 Å². The highest BCUT2D eigenvalue weighted by molar-refractivity contribution is 9.18. The summed E-state index contributed by atoms with van der Waals surface area (Å²) in [5, 5.41) is 3.22. The molecule has 0 aliphatic carbocycles. The van der Waals surface area contributed by atoms with Crippen molar-refractivity contribution in [3.63, 3.8) is 0 Å². The van der Waals surface area contributed by atoms with Crippen molar-refractivity contribution < 1.29 is 4.79 Å². The smallest absolute Gasteiger partial charge is 0.291 e. The first-order valence-corrected chi connectivity index (χ1v) is 4.49. The van der Waals surface area contributed by atoms with Crippen molar-refractivity contribution >= 4 is 38.0 Å². The molecule has 0 bridgehead atoms. The molecule has 0 aliphatic heterocycles. The SMILES string of the molecule is Cc1ccc(Cl)cc1NC(=O)Br. The number of aryl methyl sites for hydroxylation is 1. The van der Waals surface area contributed by atoms with Gasteiger partial charge in [-0.15, -0.1) is 0 Å². The van der Waals surface area contributed by atoms with Gasteiger partial charge >= 0.3 is 0 Å². The third-order valence-corrected chi connectivity index (χ3v) is 1.87. The molecule has 1 rings (SSSR count). The minimum Gasteiger partial charge on any atom is -0.316 e. The number of halogens is 2. The Bertz CT molecular complexity index is 314. The molecule has 4 heteroatoms. The molecular formula is C8H7BrClNO. The summed E-state index contributed by atoms with van der Waals surface area (Å²) in [5.41, 5.74) is 1.71. The number of hydrogen-bond acceptors (Lipinski definition) is 1. The van der Waals surface area contributed by atoms with Crippen LogP contribution in [0.3, 0.4) is 0 Å². The quantitative estimate of drug-likeness (QED) is 0.597. The van der Waals surface area contributed by atoms with E-state index >= 15 is 0 Å². The Morgan fingerprint density at radius 2 is 2.25 bits per heavy atom. The summed E-state index contributed by atoms with van der Waals surface area (Å²) in [6.07, 6.45) is 0. The highest BCUT2D eigenvalue weighted by Crippen LogP contribution is 2.20. The summed E-state index contributed by atoms with van der Waals surface area (Å²) in [5.74, 6) is 0. The molecule has 0 heterocycles. The topological polar surface area (TPSA) is 29.1 Å². The summed E-state index contributed by atoms with van der Waals surface area (Å²) in [7, 11) is 0. The summed E-state index contributed by atoms with van der Waals surface area (Å²) in [6.45, 7) is 1.90. The van der Waals surface area contributed by atoms with Gasteiger partial charge in [0.2, 0.25) is 0 Å². The lowest BCUT2D eigenvalue weighted by Crippen LogP contribution is -2.01. The Labute approximate surface area is 84.0 Å². The van der Waals surface area contributed by atoms with Crippen molar-refractivity contribution in [2.45, 2.75) is 6.92 Å². The van der Waals surface area contributed by atoms with Gasteiger partial charge in [-0.1, -0.05) is 17.7 Å². The van der Waals surface area contributed by atoms with Gasteiger partial charge in [-0.2, -0.15) is 0 Å². The van der Waals surface area contributed by atoms with E-state index in [4.69, 9.17) is 11.6 Å². The fourth-order valence-corrected chi connectivity index (χ4v) is 1.22. The number of carbonyl (C=O) groups is 1. The van der Waals surface area contributed by atoms with Gasteiger partial charge in [0.25, 0.3) is 4.82 Å². The Kier molecular flexibility index (Phi) is 3.12. The first-order chi connectivity index (χ1) is 5.59. The molecule has 0 aromatic heterocycles. The van der Waals surface area contributed by atoms with Crippen LogP contribution in [0.25, 0.3) is 0 Å². The fourth-order valence-electron chi connectivity index (χ4n) is 0.835. The van der Waals surface area contributed by atoms with Gasteiger partial charge in [0, 0.05) is 26.6 Å². The lowest BCUT2D eigenvalue weighted by molar-refractivity contribution is 0.270. The maximum Gasteiger partial charge on any atom is 0.291 e. The van der Waals surface area contributed by atoms with Crippen LogP contribution in [0.4, 0.5) is 10.5 Å². The monoisotopic (exact) mass is 247 g/mol. The molecule has 0 saturated carbocycles. The van der Waals surface area contributed by atoms with E-state index in [1.165, 1.54) is 0 Å². The summed E-state index contributed by atoms with van der Waals surface area (Å²) >= 11 is 8.51. The third-order valence-electron chi connectivity index (χ3n) is 1.43. The standard InChI is InChI=1S/C8H7BrClNO/c1-5-2-3-6(10)4-7(5)11-8(9)12/h2-4H,1H3,(H,11,12). The van der Waals surface area contributed by atoms with E-state index in [0.717, 1.165) is 11.3 Å². The normalized spacial score (nSPS) is 9.58. The van der Waals surface area contributed by atoms with Crippen LogP contribution in [-0.2, 0) is 0 Å². The highest BCUT2D eigenvalue weighted by atomic mass is 79.9. The van der Waals surface area contributed by atoms with E-state index in [2.05, 4.69) is 21.2 Å². The van der Waals surface area contributed by atoms with Crippen molar-refractivity contribution in [3.05, 3.63) is 28.8 Å². The van der Waals surface area contributed by atoms with Crippen LogP contribution in [-0.4, -0.2) is 4.82 Å². The lowest BCUT2D eigenvalue weighted by Gasteiger charge is -2.04. The molecule has 64 valence electrons. The van der Waals surface area contributed by atoms with Crippen LogP contribution in [0.5, 0.6) is 0 Å². The van der Waals surface area contributed by atoms with Crippen LogP contribution < -0.4 is 5.32 Å². The average Bonchev–Trinajstić information content (AvgIpc) is 1.96. The predicted molar refractivity (Wildman–Crippen MR) is 54.1 cm³/mol. The first kappa shape index (κ1) is 9.55. The number of carbonyl (C=O) groups excluding carboxylic acids is 1. The van der Waals surface area contributed by atoms with Gasteiger partial charge in [-0.25, -0.2) is 0 Å². The van der Waals surface area contributed by atoms with E-state index in [9.17, 15) is 4.79 Å². The van der Waals surface area contributed by atoms with Gasteiger partial charge in [-0.05, 0) is 24.6 Å². The van der Waals surface area contributed by atoms with Crippen molar-refractivity contribution in [1.82, 2.24) is 0 Å². The molecule has 0 aliphatic rings.